The molecule has 1 aromatic carbocycles. The van der Waals surface area contributed by atoms with Gasteiger partial charge in [-0.05, 0) is 44.2 Å². The largest absolute Gasteiger partial charge is 0.391 e. The Balaban J connectivity index is 1.86. The zero-order valence-corrected chi connectivity index (χ0v) is 12.6. The molecule has 1 aromatic rings. The number of rotatable bonds is 1. The highest BCUT2D eigenvalue weighted by Gasteiger charge is 2.29. The van der Waals surface area contributed by atoms with Crippen molar-refractivity contribution < 1.29 is 5.11 Å². The first-order valence-electron chi connectivity index (χ1n) is 8.30. The van der Waals surface area contributed by atoms with Gasteiger partial charge in [0.1, 0.15) is 0 Å². The molecule has 0 radical (unpaired) electrons. The van der Waals surface area contributed by atoms with E-state index in [0.717, 1.165) is 19.4 Å². The topological polar surface area (TPSA) is 23.5 Å². The molecule has 110 valence electrons. The number of nitrogens with zero attached hydrogens (tertiary/aromatic N) is 1. The molecule has 2 aliphatic rings. The predicted octanol–water partition coefficient (Wildman–Crippen LogP) is 3.83. The van der Waals surface area contributed by atoms with Crippen molar-refractivity contribution in [2.24, 2.45) is 0 Å². The van der Waals surface area contributed by atoms with Gasteiger partial charge in [-0.15, -0.1) is 0 Å². The first kappa shape index (κ1) is 13.9. The Labute approximate surface area is 122 Å². The van der Waals surface area contributed by atoms with Gasteiger partial charge in [0, 0.05) is 12.2 Å². The molecule has 1 N–H and O–H groups in total. The van der Waals surface area contributed by atoms with Gasteiger partial charge in [0.05, 0.1) is 12.1 Å². The minimum Gasteiger partial charge on any atom is -0.391 e. The Bertz CT molecular complexity index is 457. The van der Waals surface area contributed by atoms with E-state index in [0.29, 0.717) is 6.04 Å². The van der Waals surface area contributed by atoms with Gasteiger partial charge in [-0.3, -0.25) is 0 Å². The number of fused-ring (bicyclic) bond motifs is 1. The third kappa shape index (κ3) is 2.85. The Hall–Kier alpha value is -1.02. The summed E-state index contributed by atoms with van der Waals surface area (Å²) < 4.78 is 0. The molecule has 2 unspecified atom stereocenters. The lowest BCUT2D eigenvalue weighted by molar-refractivity contribution is 0.115. The number of aliphatic hydroxyl groups excluding tert-OH is 1. The average molecular weight is 273 g/mol. The summed E-state index contributed by atoms with van der Waals surface area (Å²) in [5.41, 5.74) is 4.21. The molecule has 2 heteroatoms. The van der Waals surface area contributed by atoms with Crippen molar-refractivity contribution in [3.63, 3.8) is 0 Å². The summed E-state index contributed by atoms with van der Waals surface area (Å²) in [6, 6.07) is 7.15. The third-order valence-corrected chi connectivity index (χ3v) is 4.98. The number of hydrogen-bond donors (Lipinski definition) is 1. The molecule has 0 aromatic heterocycles. The fourth-order valence-corrected chi connectivity index (χ4v) is 3.91. The van der Waals surface area contributed by atoms with Crippen molar-refractivity contribution in [2.45, 2.75) is 70.4 Å². The van der Waals surface area contributed by atoms with Gasteiger partial charge in [0.25, 0.3) is 0 Å². The summed E-state index contributed by atoms with van der Waals surface area (Å²) in [6.07, 6.45) is 9.46. The summed E-state index contributed by atoms with van der Waals surface area (Å²) in [4.78, 5) is 2.51. The SMILES string of the molecule is Cc1ccc2c(c1)CCCN2C1CCCCCCC1O. The molecule has 20 heavy (non-hydrogen) atoms. The van der Waals surface area contributed by atoms with Crippen LogP contribution >= 0.6 is 0 Å². The van der Waals surface area contributed by atoms with E-state index in [1.807, 2.05) is 0 Å². The van der Waals surface area contributed by atoms with E-state index in [2.05, 4.69) is 30.0 Å². The molecule has 2 nitrogen and oxygen atoms in total. The Morgan fingerprint density at radius 3 is 2.70 bits per heavy atom. The fourth-order valence-electron chi connectivity index (χ4n) is 3.91. The normalized spacial score (nSPS) is 27.6. The fraction of sp³-hybridized carbons (Fsp3) is 0.667. The van der Waals surface area contributed by atoms with Crippen molar-refractivity contribution in [1.29, 1.82) is 0 Å². The second kappa shape index (κ2) is 6.17. The van der Waals surface area contributed by atoms with Gasteiger partial charge in [0.2, 0.25) is 0 Å². The summed E-state index contributed by atoms with van der Waals surface area (Å²) in [5.74, 6) is 0. The first-order valence-corrected chi connectivity index (χ1v) is 8.30. The van der Waals surface area contributed by atoms with E-state index in [-0.39, 0.29) is 6.10 Å². The molecule has 0 spiro atoms. The van der Waals surface area contributed by atoms with Gasteiger partial charge in [0.15, 0.2) is 0 Å². The van der Waals surface area contributed by atoms with Crippen LogP contribution in [-0.2, 0) is 6.42 Å². The van der Waals surface area contributed by atoms with Crippen LogP contribution in [0.5, 0.6) is 0 Å². The predicted molar refractivity (Wildman–Crippen MR) is 84.3 cm³/mol. The maximum atomic E-state index is 10.6. The Morgan fingerprint density at radius 1 is 1.05 bits per heavy atom. The summed E-state index contributed by atoms with van der Waals surface area (Å²) >= 11 is 0. The smallest absolute Gasteiger partial charge is 0.0743 e. The van der Waals surface area contributed by atoms with Gasteiger partial charge in [-0.25, -0.2) is 0 Å². The second-order valence-corrected chi connectivity index (χ2v) is 6.56. The Kier molecular flexibility index (Phi) is 4.30. The van der Waals surface area contributed by atoms with E-state index in [4.69, 9.17) is 0 Å². The van der Waals surface area contributed by atoms with Crippen molar-refractivity contribution >= 4 is 5.69 Å². The highest BCUT2D eigenvalue weighted by Crippen LogP contribution is 2.33. The van der Waals surface area contributed by atoms with E-state index >= 15 is 0 Å². The van der Waals surface area contributed by atoms with Crippen molar-refractivity contribution in [1.82, 2.24) is 0 Å². The maximum Gasteiger partial charge on any atom is 0.0743 e. The van der Waals surface area contributed by atoms with E-state index in [9.17, 15) is 5.11 Å². The van der Waals surface area contributed by atoms with Gasteiger partial charge >= 0.3 is 0 Å². The molecular weight excluding hydrogens is 246 g/mol. The summed E-state index contributed by atoms with van der Waals surface area (Å²) in [7, 11) is 0. The quantitative estimate of drug-likeness (QED) is 0.840. The van der Waals surface area contributed by atoms with Crippen LogP contribution < -0.4 is 4.90 Å². The summed E-state index contributed by atoms with van der Waals surface area (Å²) in [5, 5.41) is 10.6. The molecule has 1 heterocycles. The van der Waals surface area contributed by atoms with Gasteiger partial charge in [-0.1, -0.05) is 43.4 Å². The van der Waals surface area contributed by atoms with Gasteiger partial charge in [-0.2, -0.15) is 0 Å². The minimum absolute atomic E-state index is 0.150. The van der Waals surface area contributed by atoms with Crippen molar-refractivity contribution in [3.8, 4) is 0 Å². The standard InChI is InChI=1S/C18H27NO/c1-14-10-11-16-15(13-14)7-6-12-19(16)17-8-4-2-3-5-9-18(17)20/h10-11,13,17-18,20H,2-9,12H2,1H3. The van der Waals surface area contributed by atoms with E-state index in [1.165, 1.54) is 55.3 Å². The molecule has 1 aliphatic carbocycles. The van der Waals surface area contributed by atoms with E-state index < -0.39 is 0 Å². The highest BCUT2D eigenvalue weighted by atomic mass is 16.3. The molecule has 3 rings (SSSR count). The van der Waals surface area contributed by atoms with Crippen molar-refractivity contribution in [3.05, 3.63) is 29.3 Å². The lowest BCUT2D eigenvalue weighted by Crippen LogP contribution is -2.46. The van der Waals surface area contributed by atoms with Crippen LogP contribution in [0.25, 0.3) is 0 Å². The van der Waals surface area contributed by atoms with Crippen LogP contribution in [0.3, 0.4) is 0 Å². The zero-order valence-electron chi connectivity index (χ0n) is 12.6. The maximum absolute atomic E-state index is 10.6. The monoisotopic (exact) mass is 273 g/mol. The highest BCUT2D eigenvalue weighted by molar-refractivity contribution is 5.57. The van der Waals surface area contributed by atoms with Gasteiger partial charge < -0.3 is 10.0 Å². The van der Waals surface area contributed by atoms with Crippen LogP contribution in [0.1, 0.15) is 56.1 Å². The number of anilines is 1. The Morgan fingerprint density at radius 2 is 1.85 bits per heavy atom. The first-order chi connectivity index (χ1) is 9.75. The number of aliphatic hydroxyl groups is 1. The number of hydrogen-bond acceptors (Lipinski definition) is 2. The zero-order chi connectivity index (χ0) is 13.9. The van der Waals surface area contributed by atoms with Crippen molar-refractivity contribution in [2.75, 3.05) is 11.4 Å². The van der Waals surface area contributed by atoms with E-state index in [1.54, 1.807) is 0 Å². The summed E-state index contributed by atoms with van der Waals surface area (Å²) in [6.45, 7) is 3.28. The molecule has 1 aliphatic heterocycles. The molecule has 0 amide bonds. The minimum atomic E-state index is -0.150. The molecule has 1 fully saturated rings. The molecule has 0 bridgehead atoms. The molecule has 1 saturated carbocycles. The lowest BCUT2D eigenvalue weighted by Gasteiger charge is -2.41. The number of aryl methyl sites for hydroxylation is 2. The van der Waals surface area contributed by atoms with Crippen LogP contribution in [-0.4, -0.2) is 23.8 Å². The second-order valence-electron chi connectivity index (χ2n) is 6.56. The van der Waals surface area contributed by atoms with Crippen LogP contribution in [0.2, 0.25) is 0 Å². The molecule has 2 atom stereocenters. The lowest BCUT2D eigenvalue weighted by atomic mass is 9.90. The van der Waals surface area contributed by atoms with Crippen LogP contribution in [0, 0.1) is 6.92 Å². The third-order valence-electron chi connectivity index (χ3n) is 4.98. The van der Waals surface area contributed by atoms with Crippen LogP contribution in [0.15, 0.2) is 18.2 Å². The molecular formula is C18H27NO. The van der Waals surface area contributed by atoms with Crippen LogP contribution in [0.4, 0.5) is 5.69 Å². The average Bonchev–Trinajstić information content (AvgIpc) is 2.43. The number of benzene rings is 1. The molecule has 0 saturated heterocycles.